The van der Waals surface area contributed by atoms with E-state index in [4.69, 9.17) is 0 Å². The summed E-state index contributed by atoms with van der Waals surface area (Å²) in [4.78, 5) is 0. The Bertz CT molecular complexity index is 469. The van der Waals surface area contributed by atoms with Gasteiger partial charge in [-0.1, -0.05) is 66.7 Å². The Morgan fingerprint density at radius 3 is 2.00 bits per heavy atom. The van der Waals surface area contributed by atoms with Crippen molar-refractivity contribution in [1.29, 1.82) is 0 Å². The van der Waals surface area contributed by atoms with Crippen LogP contribution in [-0.2, 0) is 6.54 Å². The van der Waals surface area contributed by atoms with Crippen LogP contribution in [0.3, 0.4) is 0 Å². The van der Waals surface area contributed by atoms with Gasteiger partial charge in [-0.3, -0.25) is 0 Å². The second-order valence-electron chi connectivity index (χ2n) is 4.02. The maximum absolute atomic E-state index is 3.14. The summed E-state index contributed by atoms with van der Waals surface area (Å²) in [6, 6.07) is 18.9. The highest BCUT2D eigenvalue weighted by molar-refractivity contribution is 5.69. The van der Waals surface area contributed by atoms with Gasteiger partial charge < -0.3 is 5.32 Å². The molecule has 0 heterocycles. The molecule has 17 heavy (non-hydrogen) atoms. The van der Waals surface area contributed by atoms with E-state index in [9.17, 15) is 0 Å². The fourth-order valence-electron chi connectivity index (χ4n) is 1.71. The van der Waals surface area contributed by atoms with Gasteiger partial charge in [0, 0.05) is 6.54 Å². The van der Waals surface area contributed by atoms with E-state index in [-0.39, 0.29) is 0 Å². The minimum Gasteiger partial charge on any atom is -0.316 e. The van der Waals surface area contributed by atoms with Gasteiger partial charge in [-0.25, -0.2) is 0 Å². The van der Waals surface area contributed by atoms with E-state index in [1.54, 1.807) is 0 Å². The minimum absolute atomic E-state index is 0.919. The molecule has 0 aliphatic rings. The zero-order chi connectivity index (χ0) is 11.9. The fraction of sp³-hybridized carbons (Fsp3) is 0.125. The molecule has 0 fully saturated rings. The van der Waals surface area contributed by atoms with Crippen LogP contribution in [0.25, 0.3) is 12.2 Å². The fourth-order valence-corrected chi connectivity index (χ4v) is 1.71. The molecule has 0 unspecified atom stereocenters. The van der Waals surface area contributed by atoms with Crippen molar-refractivity contribution >= 4 is 12.2 Å². The van der Waals surface area contributed by atoms with Gasteiger partial charge in [0.2, 0.25) is 0 Å². The third-order valence-electron chi connectivity index (χ3n) is 2.63. The molecular formula is C16H17N. The highest BCUT2D eigenvalue weighted by Gasteiger charge is 1.90. The second-order valence-corrected chi connectivity index (χ2v) is 4.02. The summed E-state index contributed by atoms with van der Waals surface area (Å²) in [6.45, 7) is 0.919. The molecule has 0 saturated carbocycles. The van der Waals surface area contributed by atoms with E-state index >= 15 is 0 Å². The summed E-state index contributed by atoms with van der Waals surface area (Å²) in [5, 5.41) is 3.14. The van der Waals surface area contributed by atoms with Gasteiger partial charge in [0.15, 0.2) is 0 Å². The summed E-state index contributed by atoms with van der Waals surface area (Å²) in [5.41, 5.74) is 3.77. The lowest BCUT2D eigenvalue weighted by molar-refractivity contribution is 0.818. The Kier molecular flexibility index (Phi) is 4.11. The predicted molar refractivity (Wildman–Crippen MR) is 74.6 cm³/mol. The van der Waals surface area contributed by atoms with E-state index in [1.165, 1.54) is 16.7 Å². The van der Waals surface area contributed by atoms with Crippen molar-refractivity contribution in [3.63, 3.8) is 0 Å². The molecule has 0 amide bonds. The largest absolute Gasteiger partial charge is 0.316 e. The van der Waals surface area contributed by atoms with Crippen molar-refractivity contribution in [3.8, 4) is 0 Å². The highest BCUT2D eigenvalue weighted by atomic mass is 14.8. The van der Waals surface area contributed by atoms with Crippen molar-refractivity contribution < 1.29 is 0 Å². The molecule has 0 spiro atoms. The molecule has 1 N–H and O–H groups in total. The second kappa shape index (κ2) is 6.02. The Balaban J connectivity index is 2.06. The third-order valence-corrected chi connectivity index (χ3v) is 2.63. The number of nitrogens with one attached hydrogen (secondary N) is 1. The molecule has 2 rings (SSSR count). The molecule has 2 aromatic carbocycles. The van der Waals surface area contributed by atoms with Crippen molar-refractivity contribution in [2.24, 2.45) is 0 Å². The third kappa shape index (κ3) is 3.58. The Hall–Kier alpha value is -1.86. The van der Waals surface area contributed by atoms with Crippen LogP contribution in [0.5, 0.6) is 0 Å². The van der Waals surface area contributed by atoms with Crippen molar-refractivity contribution in [3.05, 3.63) is 71.3 Å². The maximum atomic E-state index is 3.14. The number of benzene rings is 2. The summed E-state index contributed by atoms with van der Waals surface area (Å²) < 4.78 is 0. The lowest BCUT2D eigenvalue weighted by Crippen LogP contribution is -2.04. The van der Waals surface area contributed by atoms with E-state index < -0.39 is 0 Å². The van der Waals surface area contributed by atoms with Crippen LogP contribution in [0, 0.1) is 0 Å². The zero-order valence-corrected chi connectivity index (χ0v) is 10.1. The first-order valence-corrected chi connectivity index (χ1v) is 5.85. The van der Waals surface area contributed by atoms with Crippen LogP contribution in [0.1, 0.15) is 16.7 Å². The summed E-state index contributed by atoms with van der Waals surface area (Å²) >= 11 is 0. The summed E-state index contributed by atoms with van der Waals surface area (Å²) in [7, 11) is 1.96. The van der Waals surface area contributed by atoms with Gasteiger partial charge in [-0.2, -0.15) is 0 Å². The lowest BCUT2D eigenvalue weighted by Gasteiger charge is -2.00. The van der Waals surface area contributed by atoms with Gasteiger partial charge in [0.1, 0.15) is 0 Å². The van der Waals surface area contributed by atoms with Crippen LogP contribution in [0.2, 0.25) is 0 Å². The molecule has 1 heteroatoms. The zero-order valence-electron chi connectivity index (χ0n) is 10.1. The molecule has 0 saturated heterocycles. The van der Waals surface area contributed by atoms with Gasteiger partial charge in [-0.15, -0.1) is 0 Å². The first kappa shape index (κ1) is 11.6. The standard InChI is InChI=1S/C16H17N/c1-17-13-16-11-9-15(10-12-16)8-7-14-5-3-2-4-6-14/h2-12,17H,13H2,1H3. The SMILES string of the molecule is CNCc1ccc(C=Cc2ccccc2)cc1. The van der Waals surface area contributed by atoms with E-state index in [1.807, 2.05) is 13.1 Å². The normalized spacial score (nSPS) is 10.9. The number of hydrogen-bond donors (Lipinski definition) is 1. The van der Waals surface area contributed by atoms with Crippen molar-refractivity contribution in [2.75, 3.05) is 7.05 Å². The van der Waals surface area contributed by atoms with Crippen LogP contribution >= 0.6 is 0 Å². The topological polar surface area (TPSA) is 12.0 Å². The van der Waals surface area contributed by atoms with Crippen LogP contribution in [-0.4, -0.2) is 7.05 Å². The molecule has 86 valence electrons. The summed E-state index contributed by atoms with van der Waals surface area (Å²) in [6.07, 6.45) is 4.27. The molecule has 1 nitrogen and oxygen atoms in total. The van der Waals surface area contributed by atoms with Gasteiger partial charge in [-0.05, 0) is 23.7 Å². The minimum atomic E-state index is 0.919. The molecule has 0 aromatic heterocycles. The van der Waals surface area contributed by atoms with Crippen molar-refractivity contribution in [2.45, 2.75) is 6.54 Å². The Morgan fingerprint density at radius 2 is 1.41 bits per heavy atom. The van der Waals surface area contributed by atoms with Gasteiger partial charge in [0.25, 0.3) is 0 Å². The molecular weight excluding hydrogens is 206 g/mol. The quantitative estimate of drug-likeness (QED) is 0.781. The predicted octanol–water partition coefficient (Wildman–Crippen LogP) is 3.58. The molecule has 0 aliphatic heterocycles. The van der Waals surface area contributed by atoms with E-state index in [0.717, 1.165) is 6.54 Å². The maximum Gasteiger partial charge on any atom is 0.0202 e. The lowest BCUT2D eigenvalue weighted by atomic mass is 10.1. The van der Waals surface area contributed by atoms with E-state index in [0.29, 0.717) is 0 Å². The van der Waals surface area contributed by atoms with Crippen LogP contribution in [0.4, 0.5) is 0 Å². The molecule has 0 radical (unpaired) electrons. The first-order valence-electron chi connectivity index (χ1n) is 5.85. The van der Waals surface area contributed by atoms with Crippen LogP contribution < -0.4 is 5.32 Å². The Labute approximate surface area is 103 Å². The van der Waals surface area contributed by atoms with Crippen LogP contribution in [0.15, 0.2) is 54.6 Å². The molecule has 2 aromatic rings. The van der Waals surface area contributed by atoms with Gasteiger partial charge in [0.05, 0.1) is 0 Å². The Morgan fingerprint density at radius 1 is 0.824 bits per heavy atom. The molecule has 0 aliphatic carbocycles. The number of hydrogen-bond acceptors (Lipinski definition) is 1. The first-order chi connectivity index (χ1) is 8.38. The average Bonchev–Trinajstić information content (AvgIpc) is 2.40. The van der Waals surface area contributed by atoms with E-state index in [2.05, 4.69) is 66.0 Å². The summed E-state index contributed by atoms with van der Waals surface area (Å²) in [5.74, 6) is 0. The average molecular weight is 223 g/mol. The number of rotatable bonds is 4. The molecule has 0 atom stereocenters. The van der Waals surface area contributed by atoms with Gasteiger partial charge >= 0.3 is 0 Å². The molecule has 0 bridgehead atoms. The monoisotopic (exact) mass is 223 g/mol. The highest BCUT2D eigenvalue weighted by Crippen LogP contribution is 2.09. The smallest absolute Gasteiger partial charge is 0.0202 e. The van der Waals surface area contributed by atoms with Crippen molar-refractivity contribution in [1.82, 2.24) is 5.32 Å².